The van der Waals surface area contributed by atoms with E-state index in [-0.39, 0.29) is 11.2 Å². The first-order valence-electron chi connectivity index (χ1n) is 7.42. The zero-order valence-corrected chi connectivity index (χ0v) is 13.4. The highest BCUT2D eigenvalue weighted by molar-refractivity contribution is 7.20. The van der Waals surface area contributed by atoms with Crippen LogP contribution in [0.15, 0.2) is 9.59 Å². The van der Waals surface area contributed by atoms with Gasteiger partial charge in [0.1, 0.15) is 4.83 Å². The lowest BCUT2D eigenvalue weighted by Gasteiger charge is -2.11. The lowest BCUT2D eigenvalue weighted by atomic mass is 10.2. The van der Waals surface area contributed by atoms with Crippen molar-refractivity contribution in [1.82, 2.24) is 9.13 Å². The maximum absolute atomic E-state index is 12.5. The van der Waals surface area contributed by atoms with E-state index in [1.807, 2.05) is 0 Å². The number of hydrogen-bond acceptors (Lipinski definition) is 5. The van der Waals surface area contributed by atoms with Crippen LogP contribution in [0.1, 0.15) is 35.0 Å². The van der Waals surface area contributed by atoms with E-state index in [9.17, 15) is 14.4 Å². The molecule has 1 saturated carbocycles. The van der Waals surface area contributed by atoms with Gasteiger partial charge in [0.15, 0.2) is 6.29 Å². The zero-order valence-electron chi connectivity index (χ0n) is 12.6. The van der Waals surface area contributed by atoms with Crippen LogP contribution in [-0.4, -0.2) is 28.1 Å². The lowest BCUT2D eigenvalue weighted by Crippen LogP contribution is -2.40. The molecule has 118 valence electrons. The van der Waals surface area contributed by atoms with Crippen LogP contribution in [0.3, 0.4) is 0 Å². The Morgan fingerprint density at radius 3 is 2.64 bits per heavy atom. The van der Waals surface area contributed by atoms with Gasteiger partial charge in [-0.25, -0.2) is 4.79 Å². The molecule has 2 heterocycles. The molecule has 7 heteroatoms. The molecule has 1 fully saturated rings. The van der Waals surface area contributed by atoms with E-state index >= 15 is 0 Å². The highest BCUT2D eigenvalue weighted by Gasteiger charge is 2.23. The molecule has 2 aromatic rings. The van der Waals surface area contributed by atoms with E-state index in [2.05, 4.69) is 0 Å². The molecule has 0 amide bonds. The molecular formula is C15H18N2O4S. The third-order valence-electron chi connectivity index (χ3n) is 3.95. The van der Waals surface area contributed by atoms with Crippen LogP contribution in [0.5, 0.6) is 0 Å². The van der Waals surface area contributed by atoms with Gasteiger partial charge in [-0.1, -0.05) is 0 Å². The standard InChI is InChI=1S/C15H18N2O4S/c1-3-16-13(19)12-9(2)11(8-18)22-14(12)17(15(16)20)6-7-21-10-4-5-10/h8,10H,3-7H2,1-2H3. The first-order chi connectivity index (χ1) is 10.6. The molecule has 0 unspecified atom stereocenters. The smallest absolute Gasteiger partial charge is 0.332 e. The molecule has 0 bridgehead atoms. The third-order valence-corrected chi connectivity index (χ3v) is 5.19. The molecule has 0 atom stereocenters. The van der Waals surface area contributed by atoms with Crippen LogP contribution in [0.25, 0.3) is 10.2 Å². The number of hydrogen-bond donors (Lipinski definition) is 0. The maximum atomic E-state index is 12.5. The van der Waals surface area contributed by atoms with Crippen molar-refractivity contribution in [3.63, 3.8) is 0 Å². The van der Waals surface area contributed by atoms with Crippen LogP contribution in [0.4, 0.5) is 0 Å². The van der Waals surface area contributed by atoms with Gasteiger partial charge in [-0.15, -0.1) is 11.3 Å². The number of nitrogens with zero attached hydrogens (tertiary/aromatic N) is 2. The summed E-state index contributed by atoms with van der Waals surface area (Å²) < 4.78 is 8.39. The summed E-state index contributed by atoms with van der Waals surface area (Å²) in [6.45, 7) is 4.66. The molecule has 1 aliphatic carbocycles. The van der Waals surface area contributed by atoms with Gasteiger partial charge in [0, 0.05) is 6.54 Å². The van der Waals surface area contributed by atoms with Crippen LogP contribution >= 0.6 is 11.3 Å². The first-order valence-corrected chi connectivity index (χ1v) is 8.23. The molecule has 0 spiro atoms. The molecule has 3 rings (SSSR count). The fourth-order valence-electron chi connectivity index (χ4n) is 2.55. The minimum Gasteiger partial charge on any atom is -0.376 e. The fourth-order valence-corrected chi connectivity index (χ4v) is 3.68. The summed E-state index contributed by atoms with van der Waals surface area (Å²) in [5.74, 6) is 0. The largest absolute Gasteiger partial charge is 0.376 e. The Labute approximate surface area is 130 Å². The van der Waals surface area contributed by atoms with E-state index < -0.39 is 0 Å². The third kappa shape index (κ3) is 2.44. The summed E-state index contributed by atoms with van der Waals surface area (Å²) in [4.78, 5) is 37.2. The number of aldehydes is 1. The lowest BCUT2D eigenvalue weighted by molar-refractivity contribution is 0.111. The van der Waals surface area contributed by atoms with Crippen molar-refractivity contribution in [2.45, 2.75) is 45.9 Å². The van der Waals surface area contributed by atoms with Gasteiger partial charge in [0.05, 0.1) is 29.5 Å². The van der Waals surface area contributed by atoms with Crippen LogP contribution < -0.4 is 11.2 Å². The van der Waals surface area contributed by atoms with Gasteiger partial charge in [0.25, 0.3) is 5.56 Å². The second kappa shape index (κ2) is 5.81. The van der Waals surface area contributed by atoms with Gasteiger partial charge in [-0.05, 0) is 32.3 Å². The Morgan fingerprint density at radius 2 is 2.05 bits per heavy atom. The van der Waals surface area contributed by atoms with Gasteiger partial charge >= 0.3 is 5.69 Å². The second-order valence-electron chi connectivity index (χ2n) is 5.44. The monoisotopic (exact) mass is 322 g/mol. The quantitative estimate of drug-likeness (QED) is 0.757. The Kier molecular flexibility index (Phi) is 4.01. The molecule has 1 aliphatic rings. The van der Waals surface area contributed by atoms with Crippen molar-refractivity contribution < 1.29 is 9.53 Å². The topological polar surface area (TPSA) is 70.3 Å². The first kappa shape index (κ1) is 15.2. The predicted molar refractivity (Wildman–Crippen MR) is 85.1 cm³/mol. The van der Waals surface area contributed by atoms with Gasteiger partial charge in [0.2, 0.25) is 0 Å². The number of aryl methyl sites for hydroxylation is 1. The average molecular weight is 322 g/mol. The molecule has 0 aliphatic heterocycles. The summed E-state index contributed by atoms with van der Waals surface area (Å²) in [7, 11) is 0. The number of rotatable bonds is 6. The molecule has 6 nitrogen and oxygen atoms in total. The number of fused-ring (bicyclic) bond motifs is 1. The van der Waals surface area contributed by atoms with Crippen molar-refractivity contribution in [2.24, 2.45) is 0 Å². The van der Waals surface area contributed by atoms with Crippen molar-refractivity contribution in [3.8, 4) is 0 Å². The molecule has 2 aromatic heterocycles. The molecule has 0 aromatic carbocycles. The number of ether oxygens (including phenoxy) is 1. The second-order valence-corrected chi connectivity index (χ2v) is 6.47. The summed E-state index contributed by atoms with van der Waals surface area (Å²) in [6.07, 6.45) is 3.21. The summed E-state index contributed by atoms with van der Waals surface area (Å²) in [5, 5.41) is 0.472. The number of carbonyl (C=O) groups excluding carboxylic acids is 1. The molecule has 0 saturated heterocycles. The summed E-state index contributed by atoms with van der Waals surface area (Å²) >= 11 is 1.20. The van der Waals surface area contributed by atoms with Crippen LogP contribution in [-0.2, 0) is 17.8 Å². The number of carbonyl (C=O) groups is 1. The maximum Gasteiger partial charge on any atom is 0.332 e. The average Bonchev–Trinajstić information content (AvgIpc) is 3.26. The SMILES string of the molecule is CCn1c(=O)c2c(C)c(C=O)sc2n(CCOC2CC2)c1=O. The van der Waals surface area contributed by atoms with Gasteiger partial charge in [-0.2, -0.15) is 0 Å². The van der Waals surface area contributed by atoms with Gasteiger partial charge in [-0.3, -0.25) is 18.7 Å². The zero-order chi connectivity index (χ0) is 15.9. The Morgan fingerprint density at radius 1 is 1.32 bits per heavy atom. The fraction of sp³-hybridized carbons (Fsp3) is 0.533. The highest BCUT2D eigenvalue weighted by Crippen LogP contribution is 2.27. The Bertz CT molecular complexity index is 842. The van der Waals surface area contributed by atoms with Crippen LogP contribution in [0.2, 0.25) is 0 Å². The predicted octanol–water partition coefficient (Wildman–Crippen LogP) is 1.54. The van der Waals surface area contributed by atoms with Gasteiger partial charge < -0.3 is 4.74 Å². The van der Waals surface area contributed by atoms with Crippen molar-refractivity contribution in [3.05, 3.63) is 31.3 Å². The van der Waals surface area contributed by atoms with Crippen molar-refractivity contribution in [2.75, 3.05) is 6.61 Å². The van der Waals surface area contributed by atoms with E-state index in [1.54, 1.807) is 18.4 Å². The van der Waals surface area contributed by atoms with Crippen LogP contribution in [0, 0.1) is 6.92 Å². The number of thiophene rings is 1. The minimum absolute atomic E-state index is 0.308. The van der Waals surface area contributed by atoms with E-state index in [1.165, 1.54) is 15.9 Å². The molecule has 22 heavy (non-hydrogen) atoms. The Hall–Kier alpha value is -1.73. The summed E-state index contributed by atoms with van der Waals surface area (Å²) in [6, 6.07) is 0. The minimum atomic E-state index is -0.335. The van der Waals surface area contributed by atoms with E-state index in [0.717, 1.165) is 19.1 Å². The number of aromatic nitrogens is 2. The van der Waals surface area contributed by atoms with E-state index in [0.29, 0.717) is 46.5 Å². The van der Waals surface area contributed by atoms with Crippen molar-refractivity contribution in [1.29, 1.82) is 0 Å². The summed E-state index contributed by atoms with van der Waals surface area (Å²) in [5.41, 5.74) is 0.000804. The normalized spacial score (nSPS) is 14.6. The molecule has 0 radical (unpaired) electrons. The highest BCUT2D eigenvalue weighted by atomic mass is 32.1. The molecular weight excluding hydrogens is 304 g/mol. The Balaban J connectivity index is 2.16. The van der Waals surface area contributed by atoms with Crippen molar-refractivity contribution >= 4 is 27.8 Å². The van der Waals surface area contributed by atoms with E-state index in [4.69, 9.17) is 4.74 Å². The molecule has 0 N–H and O–H groups in total.